The first kappa shape index (κ1) is 23.8. The molecule has 1 amide bonds. The van der Waals surface area contributed by atoms with E-state index in [-0.39, 0.29) is 10.8 Å². The zero-order chi connectivity index (χ0) is 24.3. The van der Waals surface area contributed by atoms with Crippen molar-refractivity contribution in [3.05, 3.63) is 47.6 Å². The highest BCUT2D eigenvalue weighted by Crippen LogP contribution is 2.31. The van der Waals surface area contributed by atoms with Crippen molar-refractivity contribution in [1.29, 1.82) is 0 Å². The molecule has 34 heavy (non-hydrogen) atoms. The number of nitrogens with zero attached hydrogens (tertiary/aromatic N) is 4. The standard InChI is InChI=1S/C22H21ClF3N5O3/c1-30-6-8-31(9-7-30)21-27-12-14-10-15(2-4-18(14)29-21)28-20(32)13-33-19-5-3-16(11-17(19)23)34-22(24,25)26/h2-5,10-12H,6-9,13H2,1H3,(H,28,32). The van der Waals surface area contributed by atoms with Crippen molar-refractivity contribution in [2.24, 2.45) is 0 Å². The summed E-state index contributed by atoms with van der Waals surface area (Å²) < 4.78 is 46.0. The van der Waals surface area contributed by atoms with Gasteiger partial charge in [-0.2, -0.15) is 0 Å². The van der Waals surface area contributed by atoms with Gasteiger partial charge in [0.25, 0.3) is 5.91 Å². The van der Waals surface area contributed by atoms with Gasteiger partial charge in [-0.05, 0) is 37.4 Å². The minimum Gasteiger partial charge on any atom is -0.482 e. The SMILES string of the molecule is CN1CCN(c2ncc3cc(NC(=O)COc4ccc(OC(F)(F)F)cc4Cl)ccc3n2)CC1. The Hall–Kier alpha value is -3.31. The maximum atomic E-state index is 12.3. The molecule has 1 saturated heterocycles. The first-order valence-electron chi connectivity index (χ1n) is 10.3. The number of nitrogens with one attached hydrogen (secondary N) is 1. The average molecular weight is 496 g/mol. The second-order valence-electron chi connectivity index (χ2n) is 7.71. The molecule has 1 N–H and O–H groups in total. The smallest absolute Gasteiger partial charge is 0.482 e. The van der Waals surface area contributed by atoms with Crippen molar-refractivity contribution in [2.75, 3.05) is 50.1 Å². The fourth-order valence-electron chi connectivity index (χ4n) is 3.40. The Kier molecular flexibility index (Phi) is 6.94. The molecular formula is C22H21ClF3N5O3. The average Bonchev–Trinajstić information content (AvgIpc) is 2.77. The van der Waals surface area contributed by atoms with Crippen LogP contribution in [0.1, 0.15) is 0 Å². The van der Waals surface area contributed by atoms with E-state index in [0.717, 1.165) is 49.2 Å². The molecule has 1 aromatic heterocycles. The molecule has 2 aromatic carbocycles. The van der Waals surface area contributed by atoms with Gasteiger partial charge in [0.1, 0.15) is 11.5 Å². The van der Waals surface area contributed by atoms with E-state index in [2.05, 4.69) is 36.9 Å². The lowest BCUT2D eigenvalue weighted by Gasteiger charge is -2.32. The molecule has 0 saturated carbocycles. The fourth-order valence-corrected chi connectivity index (χ4v) is 3.62. The maximum Gasteiger partial charge on any atom is 0.573 e. The van der Waals surface area contributed by atoms with Crippen LogP contribution in [0, 0.1) is 0 Å². The lowest BCUT2D eigenvalue weighted by atomic mass is 10.2. The molecule has 2 heterocycles. The van der Waals surface area contributed by atoms with Gasteiger partial charge in [0, 0.05) is 49.5 Å². The van der Waals surface area contributed by atoms with Crippen molar-refractivity contribution in [3.8, 4) is 11.5 Å². The van der Waals surface area contributed by atoms with Crippen LogP contribution in [0.4, 0.5) is 24.8 Å². The third-order valence-electron chi connectivity index (χ3n) is 5.13. The molecule has 4 rings (SSSR count). The monoisotopic (exact) mass is 495 g/mol. The quantitative estimate of drug-likeness (QED) is 0.554. The van der Waals surface area contributed by atoms with Crippen molar-refractivity contribution in [3.63, 3.8) is 0 Å². The minimum absolute atomic E-state index is 0.0506. The fraction of sp³-hybridized carbons (Fsp3) is 0.318. The van der Waals surface area contributed by atoms with Crippen molar-refractivity contribution >= 4 is 40.0 Å². The number of alkyl halides is 3. The Bertz CT molecular complexity index is 1190. The number of aromatic nitrogens is 2. The topological polar surface area (TPSA) is 79.8 Å². The number of benzene rings is 2. The number of amides is 1. The highest BCUT2D eigenvalue weighted by Gasteiger charge is 2.31. The molecule has 0 spiro atoms. The van der Waals surface area contributed by atoms with E-state index in [1.165, 1.54) is 6.07 Å². The molecule has 0 bridgehead atoms. The summed E-state index contributed by atoms with van der Waals surface area (Å²) >= 11 is 5.92. The zero-order valence-corrected chi connectivity index (χ0v) is 18.9. The van der Waals surface area contributed by atoms with Crippen LogP contribution in [0.5, 0.6) is 11.5 Å². The Morgan fingerprint density at radius 1 is 1.15 bits per heavy atom. The summed E-state index contributed by atoms with van der Waals surface area (Å²) in [5, 5.41) is 3.34. The van der Waals surface area contributed by atoms with Crippen LogP contribution in [-0.4, -0.2) is 67.0 Å². The number of piperazine rings is 1. The van der Waals surface area contributed by atoms with Crippen LogP contribution >= 0.6 is 11.6 Å². The van der Waals surface area contributed by atoms with E-state index in [4.69, 9.17) is 16.3 Å². The minimum atomic E-state index is -4.83. The van der Waals surface area contributed by atoms with Gasteiger partial charge >= 0.3 is 6.36 Å². The molecule has 0 atom stereocenters. The first-order chi connectivity index (χ1) is 16.2. The van der Waals surface area contributed by atoms with Gasteiger partial charge in [0.2, 0.25) is 5.95 Å². The van der Waals surface area contributed by atoms with Crippen LogP contribution in [0.15, 0.2) is 42.6 Å². The van der Waals surface area contributed by atoms with E-state index in [1.54, 1.807) is 24.4 Å². The normalized spacial score (nSPS) is 14.8. The number of hydrogen-bond acceptors (Lipinski definition) is 7. The molecule has 3 aromatic rings. The lowest BCUT2D eigenvalue weighted by molar-refractivity contribution is -0.274. The van der Waals surface area contributed by atoms with Crippen LogP contribution < -0.4 is 19.7 Å². The third-order valence-corrected chi connectivity index (χ3v) is 5.43. The molecule has 0 unspecified atom stereocenters. The van der Waals surface area contributed by atoms with E-state index < -0.39 is 24.6 Å². The Balaban J connectivity index is 1.35. The third kappa shape index (κ3) is 6.17. The second kappa shape index (κ2) is 9.90. The summed E-state index contributed by atoms with van der Waals surface area (Å²) in [4.78, 5) is 25.7. The predicted molar refractivity (Wildman–Crippen MR) is 122 cm³/mol. The molecule has 1 fully saturated rings. The molecule has 180 valence electrons. The highest BCUT2D eigenvalue weighted by atomic mass is 35.5. The number of carbonyl (C=O) groups is 1. The second-order valence-corrected chi connectivity index (χ2v) is 8.12. The number of rotatable bonds is 6. The number of ether oxygens (including phenoxy) is 2. The van der Waals surface area contributed by atoms with Gasteiger partial charge in [0.05, 0.1) is 10.5 Å². The molecule has 0 aliphatic carbocycles. The summed E-state index contributed by atoms with van der Waals surface area (Å²) in [7, 11) is 2.08. The first-order valence-corrected chi connectivity index (χ1v) is 10.7. The Labute approximate surface area is 198 Å². The van der Waals surface area contributed by atoms with E-state index in [9.17, 15) is 18.0 Å². The number of anilines is 2. The Morgan fingerprint density at radius 3 is 2.62 bits per heavy atom. The van der Waals surface area contributed by atoms with Crippen LogP contribution in [0.25, 0.3) is 10.9 Å². The van der Waals surface area contributed by atoms with Gasteiger partial charge in [0.15, 0.2) is 6.61 Å². The summed E-state index contributed by atoms with van der Waals surface area (Å²) in [6.45, 7) is 3.23. The maximum absolute atomic E-state index is 12.3. The summed E-state index contributed by atoms with van der Waals surface area (Å²) in [6.07, 6.45) is -3.12. The van der Waals surface area contributed by atoms with Crippen molar-refractivity contribution in [2.45, 2.75) is 6.36 Å². The van der Waals surface area contributed by atoms with Gasteiger partial charge in [-0.1, -0.05) is 11.6 Å². The van der Waals surface area contributed by atoms with Crippen LogP contribution in [-0.2, 0) is 4.79 Å². The van der Waals surface area contributed by atoms with Crippen molar-refractivity contribution < 1.29 is 27.4 Å². The Morgan fingerprint density at radius 2 is 1.91 bits per heavy atom. The van der Waals surface area contributed by atoms with Crippen LogP contribution in [0.2, 0.25) is 5.02 Å². The summed E-state index contributed by atoms with van der Waals surface area (Å²) in [6, 6.07) is 8.47. The summed E-state index contributed by atoms with van der Waals surface area (Å²) in [5.41, 5.74) is 1.28. The van der Waals surface area contributed by atoms with Gasteiger partial charge in [-0.25, -0.2) is 9.97 Å². The zero-order valence-electron chi connectivity index (χ0n) is 18.1. The molecule has 0 radical (unpaired) electrons. The van der Waals surface area contributed by atoms with Gasteiger partial charge < -0.3 is 24.6 Å². The van der Waals surface area contributed by atoms with Gasteiger partial charge in [-0.3, -0.25) is 4.79 Å². The number of likely N-dealkylation sites (N-methyl/N-ethyl adjacent to an activating group) is 1. The molecule has 8 nitrogen and oxygen atoms in total. The molecule has 1 aliphatic heterocycles. The lowest BCUT2D eigenvalue weighted by Crippen LogP contribution is -2.45. The number of halogens is 4. The van der Waals surface area contributed by atoms with E-state index >= 15 is 0 Å². The number of hydrogen-bond donors (Lipinski definition) is 1. The van der Waals surface area contributed by atoms with E-state index in [0.29, 0.717) is 11.6 Å². The largest absolute Gasteiger partial charge is 0.573 e. The number of fused-ring (bicyclic) bond motifs is 1. The number of carbonyl (C=O) groups excluding carboxylic acids is 1. The predicted octanol–water partition coefficient (Wildman–Crippen LogP) is 3.95. The molecule has 12 heteroatoms. The van der Waals surface area contributed by atoms with Crippen LogP contribution in [0.3, 0.4) is 0 Å². The summed E-state index contributed by atoms with van der Waals surface area (Å²) in [5.74, 6) is -0.228. The van der Waals surface area contributed by atoms with E-state index in [1.807, 2.05) is 0 Å². The highest BCUT2D eigenvalue weighted by molar-refractivity contribution is 6.32. The van der Waals surface area contributed by atoms with Crippen molar-refractivity contribution in [1.82, 2.24) is 14.9 Å². The molecular weight excluding hydrogens is 475 g/mol. The van der Waals surface area contributed by atoms with Gasteiger partial charge in [-0.15, -0.1) is 13.2 Å². The molecule has 1 aliphatic rings.